The second kappa shape index (κ2) is 5.85. The molecule has 2 atom stereocenters. The lowest BCUT2D eigenvalue weighted by atomic mass is 9.80. The SMILES string of the molecule is CC(=O)NC1CCCCC1Cc1ccccc1. The Labute approximate surface area is 103 Å². The first-order valence-electron chi connectivity index (χ1n) is 6.57. The minimum absolute atomic E-state index is 0.106. The number of hydrogen-bond acceptors (Lipinski definition) is 1. The highest BCUT2D eigenvalue weighted by Crippen LogP contribution is 2.27. The molecule has 92 valence electrons. The van der Waals surface area contributed by atoms with Crippen LogP contribution in [-0.4, -0.2) is 11.9 Å². The number of nitrogens with one attached hydrogen (secondary N) is 1. The molecule has 2 nitrogen and oxygen atoms in total. The fourth-order valence-electron chi connectivity index (χ4n) is 2.82. The van der Waals surface area contributed by atoms with E-state index in [1.165, 1.54) is 24.8 Å². The van der Waals surface area contributed by atoms with Crippen molar-refractivity contribution in [2.75, 3.05) is 0 Å². The first-order chi connectivity index (χ1) is 8.25. The van der Waals surface area contributed by atoms with Gasteiger partial charge in [-0.1, -0.05) is 43.2 Å². The minimum atomic E-state index is 0.106. The predicted octanol–water partition coefficient (Wildman–Crippen LogP) is 2.92. The van der Waals surface area contributed by atoms with E-state index in [0.29, 0.717) is 12.0 Å². The number of rotatable bonds is 3. The average molecular weight is 231 g/mol. The number of hydrogen-bond donors (Lipinski definition) is 1. The third-order valence-corrected chi connectivity index (χ3v) is 3.64. The van der Waals surface area contributed by atoms with Gasteiger partial charge in [-0.3, -0.25) is 4.79 Å². The fraction of sp³-hybridized carbons (Fsp3) is 0.533. The van der Waals surface area contributed by atoms with Gasteiger partial charge < -0.3 is 5.32 Å². The van der Waals surface area contributed by atoms with Crippen molar-refractivity contribution in [3.8, 4) is 0 Å². The summed E-state index contributed by atoms with van der Waals surface area (Å²) in [5.41, 5.74) is 1.38. The van der Waals surface area contributed by atoms with Crippen molar-refractivity contribution in [1.29, 1.82) is 0 Å². The molecule has 1 saturated carbocycles. The third kappa shape index (κ3) is 3.58. The number of benzene rings is 1. The van der Waals surface area contributed by atoms with E-state index in [2.05, 4.69) is 35.6 Å². The zero-order valence-corrected chi connectivity index (χ0v) is 10.5. The molecule has 1 N–H and O–H groups in total. The van der Waals surface area contributed by atoms with E-state index in [-0.39, 0.29) is 5.91 Å². The number of carbonyl (C=O) groups is 1. The van der Waals surface area contributed by atoms with Gasteiger partial charge in [-0.15, -0.1) is 0 Å². The summed E-state index contributed by atoms with van der Waals surface area (Å²) < 4.78 is 0. The van der Waals surface area contributed by atoms with E-state index in [9.17, 15) is 4.79 Å². The van der Waals surface area contributed by atoms with Gasteiger partial charge in [0.25, 0.3) is 0 Å². The second-order valence-corrected chi connectivity index (χ2v) is 5.04. The van der Waals surface area contributed by atoms with Gasteiger partial charge in [0, 0.05) is 13.0 Å². The summed E-state index contributed by atoms with van der Waals surface area (Å²) in [4.78, 5) is 11.2. The van der Waals surface area contributed by atoms with Crippen LogP contribution in [0.4, 0.5) is 0 Å². The van der Waals surface area contributed by atoms with Crippen LogP contribution in [0.1, 0.15) is 38.2 Å². The monoisotopic (exact) mass is 231 g/mol. The van der Waals surface area contributed by atoms with Gasteiger partial charge in [0.2, 0.25) is 5.91 Å². The van der Waals surface area contributed by atoms with Gasteiger partial charge in [0.1, 0.15) is 0 Å². The van der Waals surface area contributed by atoms with E-state index in [4.69, 9.17) is 0 Å². The van der Waals surface area contributed by atoms with Crippen molar-refractivity contribution in [2.24, 2.45) is 5.92 Å². The maximum Gasteiger partial charge on any atom is 0.217 e. The van der Waals surface area contributed by atoms with Gasteiger partial charge in [0.05, 0.1) is 0 Å². The molecule has 0 bridgehead atoms. The van der Waals surface area contributed by atoms with Crippen LogP contribution in [0, 0.1) is 5.92 Å². The van der Waals surface area contributed by atoms with Crippen LogP contribution in [0.2, 0.25) is 0 Å². The van der Waals surface area contributed by atoms with Gasteiger partial charge in [-0.05, 0) is 30.7 Å². The zero-order valence-electron chi connectivity index (χ0n) is 10.5. The maximum atomic E-state index is 11.2. The summed E-state index contributed by atoms with van der Waals surface area (Å²) >= 11 is 0. The molecule has 2 unspecified atom stereocenters. The summed E-state index contributed by atoms with van der Waals surface area (Å²) in [5, 5.41) is 3.11. The normalized spacial score (nSPS) is 24.3. The van der Waals surface area contributed by atoms with E-state index < -0.39 is 0 Å². The molecular weight excluding hydrogens is 210 g/mol. The van der Waals surface area contributed by atoms with Crippen molar-refractivity contribution in [3.05, 3.63) is 35.9 Å². The largest absolute Gasteiger partial charge is 0.353 e. The van der Waals surface area contributed by atoms with Crippen LogP contribution in [0.15, 0.2) is 30.3 Å². The van der Waals surface area contributed by atoms with Crippen LogP contribution < -0.4 is 5.32 Å². The molecule has 17 heavy (non-hydrogen) atoms. The molecule has 1 amide bonds. The van der Waals surface area contributed by atoms with Gasteiger partial charge in [0.15, 0.2) is 0 Å². The number of amides is 1. The quantitative estimate of drug-likeness (QED) is 0.851. The van der Waals surface area contributed by atoms with Crippen molar-refractivity contribution in [3.63, 3.8) is 0 Å². The molecule has 0 aromatic heterocycles. The Hall–Kier alpha value is -1.31. The first kappa shape index (κ1) is 12.2. The molecule has 0 saturated heterocycles. The van der Waals surface area contributed by atoms with Gasteiger partial charge >= 0.3 is 0 Å². The average Bonchev–Trinajstić information content (AvgIpc) is 2.32. The Morgan fingerprint density at radius 3 is 2.65 bits per heavy atom. The predicted molar refractivity (Wildman–Crippen MR) is 69.7 cm³/mol. The standard InChI is InChI=1S/C15H21NO/c1-12(17)16-15-10-6-5-9-14(15)11-13-7-3-2-4-8-13/h2-4,7-8,14-15H,5-6,9-11H2,1H3,(H,16,17). The molecule has 2 heteroatoms. The highest BCUT2D eigenvalue weighted by molar-refractivity contribution is 5.73. The molecule has 1 aromatic rings. The van der Waals surface area contributed by atoms with Crippen LogP contribution in [0.3, 0.4) is 0 Å². The molecule has 1 fully saturated rings. The van der Waals surface area contributed by atoms with Crippen molar-refractivity contribution in [1.82, 2.24) is 5.32 Å². The highest BCUT2D eigenvalue weighted by atomic mass is 16.1. The molecule has 1 aromatic carbocycles. The lowest BCUT2D eigenvalue weighted by Crippen LogP contribution is -2.41. The van der Waals surface area contributed by atoms with E-state index >= 15 is 0 Å². The fourth-order valence-corrected chi connectivity index (χ4v) is 2.82. The summed E-state index contributed by atoms with van der Waals surface area (Å²) in [5.74, 6) is 0.713. The van der Waals surface area contributed by atoms with E-state index in [1.807, 2.05) is 0 Å². The van der Waals surface area contributed by atoms with Crippen molar-refractivity contribution < 1.29 is 4.79 Å². The lowest BCUT2D eigenvalue weighted by molar-refractivity contribution is -0.120. The van der Waals surface area contributed by atoms with Crippen LogP contribution >= 0.6 is 0 Å². The summed E-state index contributed by atoms with van der Waals surface area (Å²) in [6.45, 7) is 1.62. The van der Waals surface area contributed by atoms with Gasteiger partial charge in [-0.2, -0.15) is 0 Å². The van der Waals surface area contributed by atoms with Crippen molar-refractivity contribution >= 4 is 5.91 Å². The highest BCUT2D eigenvalue weighted by Gasteiger charge is 2.25. The molecule has 1 aliphatic rings. The van der Waals surface area contributed by atoms with E-state index in [1.54, 1.807) is 6.92 Å². The second-order valence-electron chi connectivity index (χ2n) is 5.04. The smallest absolute Gasteiger partial charge is 0.217 e. The molecule has 1 aliphatic carbocycles. The zero-order chi connectivity index (χ0) is 12.1. The van der Waals surface area contributed by atoms with E-state index in [0.717, 1.165) is 12.8 Å². The van der Waals surface area contributed by atoms with Crippen molar-refractivity contribution in [2.45, 2.75) is 45.1 Å². The molecule has 0 heterocycles. The third-order valence-electron chi connectivity index (χ3n) is 3.64. The van der Waals surface area contributed by atoms with Crippen LogP contribution in [0.25, 0.3) is 0 Å². The summed E-state index contributed by atoms with van der Waals surface area (Å²) in [6, 6.07) is 11.0. The summed E-state index contributed by atoms with van der Waals surface area (Å²) in [6.07, 6.45) is 6.01. The number of carbonyl (C=O) groups excluding carboxylic acids is 1. The molecule has 0 spiro atoms. The molecule has 0 aliphatic heterocycles. The molecular formula is C15H21NO. The Morgan fingerprint density at radius 2 is 1.94 bits per heavy atom. The van der Waals surface area contributed by atoms with Crippen LogP contribution in [-0.2, 0) is 11.2 Å². The lowest BCUT2D eigenvalue weighted by Gasteiger charge is -2.32. The minimum Gasteiger partial charge on any atom is -0.353 e. The topological polar surface area (TPSA) is 29.1 Å². The Morgan fingerprint density at radius 1 is 1.24 bits per heavy atom. The Kier molecular flexibility index (Phi) is 4.18. The molecule has 0 radical (unpaired) electrons. The van der Waals surface area contributed by atoms with Gasteiger partial charge in [-0.25, -0.2) is 0 Å². The Bertz CT molecular complexity index is 360. The van der Waals surface area contributed by atoms with Crippen LogP contribution in [0.5, 0.6) is 0 Å². The Balaban J connectivity index is 1.99. The maximum absolute atomic E-state index is 11.2. The summed E-state index contributed by atoms with van der Waals surface area (Å²) in [7, 11) is 0. The molecule has 2 rings (SSSR count). The first-order valence-corrected chi connectivity index (χ1v) is 6.57.